The number of benzene rings is 2. The molecule has 2 aromatic carbocycles. The Hall–Kier alpha value is -2.13. The molecular weight excluding hydrogens is 248 g/mol. The number of amides is 1. The molecule has 2 aromatic rings. The van der Waals surface area contributed by atoms with Gasteiger partial charge in [-0.1, -0.05) is 24.3 Å². The molecule has 0 heterocycles. The van der Waals surface area contributed by atoms with Gasteiger partial charge in [0.05, 0.1) is 0 Å². The number of nitrogens with one attached hydrogen (secondary N) is 1. The molecule has 1 amide bonds. The topological polar surface area (TPSA) is 55.1 Å². The second kappa shape index (κ2) is 6.87. The molecule has 104 valence electrons. The zero-order chi connectivity index (χ0) is 14.4. The molecule has 0 aliphatic rings. The van der Waals surface area contributed by atoms with Gasteiger partial charge in [-0.2, -0.15) is 0 Å². The van der Waals surface area contributed by atoms with Crippen LogP contribution >= 0.6 is 0 Å². The lowest BCUT2D eigenvalue weighted by Crippen LogP contribution is -2.11. The highest BCUT2D eigenvalue weighted by Gasteiger charge is 2.05. The SMILES string of the molecule is Cc1cccc(NC(=O)c2ccc(CCCN)cc2)c1. The van der Waals surface area contributed by atoms with Crippen molar-refractivity contribution < 1.29 is 4.79 Å². The third-order valence-corrected chi connectivity index (χ3v) is 3.16. The number of anilines is 1. The number of nitrogens with two attached hydrogens (primary N) is 1. The zero-order valence-corrected chi connectivity index (χ0v) is 11.7. The number of carbonyl (C=O) groups is 1. The van der Waals surface area contributed by atoms with Crippen molar-refractivity contribution in [1.29, 1.82) is 0 Å². The van der Waals surface area contributed by atoms with Crippen molar-refractivity contribution in [3.05, 3.63) is 65.2 Å². The fraction of sp³-hybridized carbons (Fsp3) is 0.235. The van der Waals surface area contributed by atoms with Gasteiger partial charge in [0.15, 0.2) is 0 Å². The molecule has 0 bridgehead atoms. The molecule has 20 heavy (non-hydrogen) atoms. The van der Waals surface area contributed by atoms with Gasteiger partial charge in [-0.25, -0.2) is 0 Å². The lowest BCUT2D eigenvalue weighted by Gasteiger charge is -2.07. The predicted octanol–water partition coefficient (Wildman–Crippen LogP) is 3.14. The van der Waals surface area contributed by atoms with Crippen LogP contribution < -0.4 is 11.1 Å². The van der Waals surface area contributed by atoms with Crippen LogP contribution in [0.2, 0.25) is 0 Å². The Morgan fingerprint density at radius 1 is 1.15 bits per heavy atom. The van der Waals surface area contributed by atoms with Gasteiger partial charge in [0.2, 0.25) is 0 Å². The highest BCUT2D eigenvalue weighted by Crippen LogP contribution is 2.12. The summed E-state index contributed by atoms with van der Waals surface area (Å²) in [6.45, 7) is 2.69. The molecule has 0 radical (unpaired) electrons. The summed E-state index contributed by atoms with van der Waals surface area (Å²) in [6, 6.07) is 15.5. The van der Waals surface area contributed by atoms with Crippen molar-refractivity contribution in [1.82, 2.24) is 0 Å². The first kappa shape index (κ1) is 14.3. The Morgan fingerprint density at radius 2 is 1.90 bits per heavy atom. The molecule has 3 N–H and O–H groups in total. The number of rotatable bonds is 5. The van der Waals surface area contributed by atoms with Gasteiger partial charge in [0, 0.05) is 11.3 Å². The average Bonchev–Trinajstić information content (AvgIpc) is 2.45. The van der Waals surface area contributed by atoms with Crippen molar-refractivity contribution in [3.63, 3.8) is 0 Å². The van der Waals surface area contributed by atoms with E-state index in [9.17, 15) is 4.79 Å². The summed E-state index contributed by atoms with van der Waals surface area (Å²) >= 11 is 0. The standard InChI is InChI=1S/C17H20N2O/c1-13-4-2-6-16(12-13)19-17(20)15-9-7-14(8-10-15)5-3-11-18/h2,4,6-10,12H,3,5,11,18H2,1H3,(H,19,20). The Morgan fingerprint density at radius 3 is 2.55 bits per heavy atom. The highest BCUT2D eigenvalue weighted by atomic mass is 16.1. The normalized spacial score (nSPS) is 10.3. The van der Waals surface area contributed by atoms with Crippen LogP contribution in [0.5, 0.6) is 0 Å². The molecule has 0 fully saturated rings. The lowest BCUT2D eigenvalue weighted by atomic mass is 10.1. The van der Waals surface area contributed by atoms with Crippen molar-refractivity contribution in [2.75, 3.05) is 11.9 Å². The molecule has 0 saturated carbocycles. The van der Waals surface area contributed by atoms with Gasteiger partial charge in [-0.3, -0.25) is 4.79 Å². The second-order valence-corrected chi connectivity index (χ2v) is 4.91. The van der Waals surface area contributed by atoms with E-state index in [1.807, 2.05) is 55.5 Å². The largest absolute Gasteiger partial charge is 0.330 e. The summed E-state index contributed by atoms with van der Waals surface area (Å²) in [6.07, 6.45) is 1.92. The molecule has 0 aliphatic heterocycles. The van der Waals surface area contributed by atoms with Gasteiger partial charge in [0.25, 0.3) is 5.91 Å². The van der Waals surface area contributed by atoms with Crippen LogP contribution in [0.3, 0.4) is 0 Å². The molecule has 0 saturated heterocycles. The van der Waals surface area contributed by atoms with Gasteiger partial charge >= 0.3 is 0 Å². The predicted molar refractivity (Wildman–Crippen MR) is 82.9 cm³/mol. The summed E-state index contributed by atoms with van der Waals surface area (Å²) in [4.78, 5) is 12.1. The number of aryl methyl sites for hydroxylation is 2. The van der Waals surface area contributed by atoms with Gasteiger partial charge < -0.3 is 11.1 Å². The van der Waals surface area contributed by atoms with E-state index in [0.29, 0.717) is 12.1 Å². The van der Waals surface area contributed by atoms with E-state index in [0.717, 1.165) is 24.1 Å². The second-order valence-electron chi connectivity index (χ2n) is 4.91. The maximum Gasteiger partial charge on any atom is 0.255 e. The lowest BCUT2D eigenvalue weighted by molar-refractivity contribution is 0.102. The average molecular weight is 268 g/mol. The minimum atomic E-state index is -0.0824. The quantitative estimate of drug-likeness (QED) is 0.875. The monoisotopic (exact) mass is 268 g/mol. The van der Waals surface area contributed by atoms with Crippen LogP contribution in [-0.4, -0.2) is 12.5 Å². The van der Waals surface area contributed by atoms with Gasteiger partial charge in [-0.15, -0.1) is 0 Å². The maximum atomic E-state index is 12.1. The Bertz CT molecular complexity index is 576. The zero-order valence-electron chi connectivity index (χ0n) is 11.7. The Balaban J connectivity index is 2.02. The van der Waals surface area contributed by atoms with E-state index in [1.165, 1.54) is 5.56 Å². The van der Waals surface area contributed by atoms with E-state index >= 15 is 0 Å². The molecule has 3 nitrogen and oxygen atoms in total. The van der Waals surface area contributed by atoms with E-state index in [4.69, 9.17) is 5.73 Å². The van der Waals surface area contributed by atoms with Crippen molar-refractivity contribution >= 4 is 11.6 Å². The van der Waals surface area contributed by atoms with Gasteiger partial charge in [0.1, 0.15) is 0 Å². The number of hydrogen-bond donors (Lipinski definition) is 2. The molecule has 0 atom stereocenters. The summed E-state index contributed by atoms with van der Waals surface area (Å²) in [5.74, 6) is -0.0824. The van der Waals surface area contributed by atoms with E-state index < -0.39 is 0 Å². The molecule has 2 rings (SSSR count). The van der Waals surface area contributed by atoms with Crippen molar-refractivity contribution in [2.24, 2.45) is 5.73 Å². The van der Waals surface area contributed by atoms with E-state index in [2.05, 4.69) is 5.32 Å². The molecular formula is C17H20N2O. The van der Waals surface area contributed by atoms with Gasteiger partial charge in [-0.05, 0) is 61.7 Å². The minimum absolute atomic E-state index is 0.0824. The number of carbonyl (C=O) groups excluding carboxylic acids is 1. The van der Waals surface area contributed by atoms with Crippen LogP contribution in [0.1, 0.15) is 27.9 Å². The Labute approximate surface area is 119 Å². The van der Waals surface area contributed by atoms with Crippen molar-refractivity contribution in [2.45, 2.75) is 19.8 Å². The minimum Gasteiger partial charge on any atom is -0.330 e. The molecule has 0 aliphatic carbocycles. The fourth-order valence-electron chi connectivity index (χ4n) is 2.06. The maximum absolute atomic E-state index is 12.1. The fourth-order valence-corrected chi connectivity index (χ4v) is 2.06. The summed E-state index contributed by atoms with van der Waals surface area (Å²) in [5.41, 5.74) is 9.32. The van der Waals surface area contributed by atoms with Crippen LogP contribution in [-0.2, 0) is 6.42 Å². The smallest absolute Gasteiger partial charge is 0.255 e. The summed E-state index contributed by atoms with van der Waals surface area (Å²) < 4.78 is 0. The first-order valence-corrected chi connectivity index (χ1v) is 6.86. The third-order valence-electron chi connectivity index (χ3n) is 3.16. The first-order chi connectivity index (χ1) is 9.69. The molecule has 0 aromatic heterocycles. The van der Waals surface area contributed by atoms with Crippen LogP contribution in [0.25, 0.3) is 0 Å². The third kappa shape index (κ3) is 3.93. The van der Waals surface area contributed by atoms with E-state index in [-0.39, 0.29) is 5.91 Å². The molecule has 0 unspecified atom stereocenters. The van der Waals surface area contributed by atoms with Crippen LogP contribution in [0.15, 0.2) is 48.5 Å². The first-order valence-electron chi connectivity index (χ1n) is 6.86. The highest BCUT2D eigenvalue weighted by molar-refractivity contribution is 6.04. The summed E-state index contributed by atoms with van der Waals surface area (Å²) in [5, 5.41) is 2.90. The van der Waals surface area contributed by atoms with Crippen molar-refractivity contribution in [3.8, 4) is 0 Å². The summed E-state index contributed by atoms with van der Waals surface area (Å²) in [7, 11) is 0. The van der Waals surface area contributed by atoms with Crippen LogP contribution in [0, 0.1) is 6.92 Å². The molecule has 0 spiro atoms. The van der Waals surface area contributed by atoms with E-state index in [1.54, 1.807) is 0 Å². The number of hydrogen-bond acceptors (Lipinski definition) is 2. The Kier molecular flexibility index (Phi) is 4.91. The van der Waals surface area contributed by atoms with Crippen LogP contribution in [0.4, 0.5) is 5.69 Å². The molecule has 3 heteroatoms.